The van der Waals surface area contributed by atoms with Crippen molar-refractivity contribution in [1.82, 2.24) is 4.90 Å². The second-order valence-electron chi connectivity index (χ2n) is 7.56. The van der Waals surface area contributed by atoms with Gasteiger partial charge in [-0.15, -0.1) is 15.8 Å². The Kier molecular flexibility index (Phi) is 51.0. The average molecular weight is 544 g/mol. The van der Waals surface area contributed by atoms with Crippen LogP contribution in [0.3, 0.4) is 0 Å². The number of nitrogens with zero attached hydrogens (tertiary/aromatic N) is 1. The van der Waals surface area contributed by atoms with Crippen LogP contribution in [0.25, 0.3) is 0 Å². The van der Waals surface area contributed by atoms with Crippen LogP contribution in [0.2, 0.25) is 0 Å². The molecular formula is C28H67NO4P2. The highest BCUT2D eigenvalue weighted by Gasteiger charge is 2.14. The lowest BCUT2D eigenvalue weighted by molar-refractivity contribution is 0.155. The summed E-state index contributed by atoms with van der Waals surface area (Å²) in [5.41, 5.74) is 0. The normalized spacial score (nSPS) is 11.2. The molecule has 0 rings (SSSR count). The highest BCUT2D eigenvalue weighted by atomic mass is 31.1. The molecule has 35 heavy (non-hydrogen) atoms. The van der Waals surface area contributed by atoms with E-state index in [-0.39, 0.29) is 15.8 Å². The van der Waals surface area contributed by atoms with Gasteiger partial charge in [0.25, 0.3) is 0 Å². The number of hydrogen-bond donors (Lipinski definition) is 0. The van der Waals surface area contributed by atoms with Crippen molar-refractivity contribution >= 4 is 15.8 Å². The Morgan fingerprint density at radius 1 is 0.457 bits per heavy atom. The van der Waals surface area contributed by atoms with E-state index in [1.54, 1.807) is 14.2 Å². The van der Waals surface area contributed by atoms with Gasteiger partial charge in [0.1, 0.15) is 0 Å². The van der Waals surface area contributed by atoms with Gasteiger partial charge in [-0.2, -0.15) is 0 Å². The SMILES string of the molecule is CC.CC.CC.CCCP(CCCOC)CCN(CCOC)CCP(CCCOC)CCCOC. The Labute approximate surface area is 225 Å². The molecule has 5 nitrogen and oxygen atoms in total. The van der Waals surface area contributed by atoms with E-state index in [0.29, 0.717) is 0 Å². The van der Waals surface area contributed by atoms with E-state index in [4.69, 9.17) is 18.9 Å². The zero-order valence-electron chi connectivity index (χ0n) is 26.0. The van der Waals surface area contributed by atoms with Crippen LogP contribution in [0, 0.1) is 0 Å². The predicted molar refractivity (Wildman–Crippen MR) is 165 cm³/mol. The first kappa shape index (κ1) is 42.7. The van der Waals surface area contributed by atoms with Crippen LogP contribution in [-0.4, -0.2) is 116 Å². The van der Waals surface area contributed by atoms with Gasteiger partial charge in [0, 0.05) is 67.9 Å². The van der Waals surface area contributed by atoms with Crippen molar-refractivity contribution in [3.8, 4) is 0 Å². The molecular weight excluding hydrogens is 476 g/mol. The molecule has 7 heteroatoms. The summed E-state index contributed by atoms with van der Waals surface area (Å²) in [6, 6.07) is 0. The molecule has 0 amide bonds. The smallest absolute Gasteiger partial charge is 0.0589 e. The minimum atomic E-state index is 0.0705. The van der Waals surface area contributed by atoms with Crippen LogP contribution in [-0.2, 0) is 18.9 Å². The van der Waals surface area contributed by atoms with Crippen molar-refractivity contribution in [3.63, 3.8) is 0 Å². The van der Waals surface area contributed by atoms with Crippen LogP contribution >= 0.6 is 15.8 Å². The first-order valence-electron chi connectivity index (χ1n) is 14.3. The monoisotopic (exact) mass is 543 g/mol. The van der Waals surface area contributed by atoms with E-state index in [0.717, 1.165) is 33.0 Å². The zero-order valence-corrected chi connectivity index (χ0v) is 27.8. The van der Waals surface area contributed by atoms with Crippen LogP contribution in [0.15, 0.2) is 0 Å². The quantitative estimate of drug-likeness (QED) is 0.0986. The highest BCUT2D eigenvalue weighted by Crippen LogP contribution is 2.38. The molecule has 0 aromatic carbocycles. The van der Waals surface area contributed by atoms with E-state index in [2.05, 4.69) is 11.8 Å². The largest absolute Gasteiger partial charge is 0.385 e. The van der Waals surface area contributed by atoms with E-state index in [9.17, 15) is 0 Å². The summed E-state index contributed by atoms with van der Waals surface area (Å²) in [5.74, 6) is 0. The molecule has 0 aliphatic rings. The van der Waals surface area contributed by atoms with Crippen molar-refractivity contribution in [3.05, 3.63) is 0 Å². The first-order valence-corrected chi connectivity index (χ1v) is 18.1. The van der Waals surface area contributed by atoms with Gasteiger partial charge in [0.2, 0.25) is 0 Å². The second-order valence-corrected chi connectivity index (χ2v) is 12.9. The molecule has 0 aliphatic heterocycles. The third-order valence-corrected chi connectivity index (χ3v) is 10.7. The molecule has 0 bridgehead atoms. The lowest BCUT2D eigenvalue weighted by Crippen LogP contribution is -2.33. The minimum Gasteiger partial charge on any atom is -0.385 e. The standard InChI is InChI=1S/C22H49NO4P2.3C2H6/c1-6-17-28(18-7-13-24-2)21-11-23(10-16-27-5)12-22-29(19-8-14-25-3)20-9-15-26-4;3*1-2/h6-22H2,1-5H3;3*1-2H3. The molecule has 0 saturated carbocycles. The average Bonchev–Trinajstić information content (AvgIpc) is 2.91. The summed E-state index contributed by atoms with van der Waals surface area (Å²) in [4.78, 5) is 2.66. The highest BCUT2D eigenvalue weighted by molar-refractivity contribution is 7.57. The Morgan fingerprint density at radius 3 is 1.11 bits per heavy atom. The van der Waals surface area contributed by atoms with Gasteiger partial charge in [-0.3, -0.25) is 0 Å². The predicted octanol–water partition coefficient (Wildman–Crippen LogP) is 7.50. The first-order chi connectivity index (χ1) is 17.2. The summed E-state index contributed by atoms with van der Waals surface area (Å²) in [6.07, 6.45) is 13.0. The fourth-order valence-electron chi connectivity index (χ4n) is 3.41. The van der Waals surface area contributed by atoms with Crippen LogP contribution in [0.4, 0.5) is 0 Å². The molecule has 218 valence electrons. The van der Waals surface area contributed by atoms with Crippen molar-refractivity contribution in [1.29, 1.82) is 0 Å². The third-order valence-electron chi connectivity index (χ3n) is 5.08. The molecule has 0 aliphatic carbocycles. The van der Waals surface area contributed by atoms with Gasteiger partial charge in [0.05, 0.1) is 6.61 Å². The summed E-state index contributed by atoms with van der Waals surface area (Å²) in [6.45, 7) is 21.3. The number of ether oxygens (including phenoxy) is 4. The minimum absolute atomic E-state index is 0.0705. The molecule has 0 aromatic rings. The Balaban J connectivity index is -0.000000737. The molecule has 1 atom stereocenters. The maximum atomic E-state index is 5.39. The second kappa shape index (κ2) is 41.8. The molecule has 0 saturated heterocycles. The van der Waals surface area contributed by atoms with Crippen LogP contribution in [0.1, 0.15) is 74.1 Å². The summed E-state index contributed by atoms with van der Waals surface area (Å²) < 4.78 is 21.2. The molecule has 0 fully saturated rings. The number of hydrogen-bond acceptors (Lipinski definition) is 5. The van der Waals surface area contributed by atoms with Crippen LogP contribution in [0.5, 0.6) is 0 Å². The van der Waals surface area contributed by atoms with E-state index < -0.39 is 0 Å². The van der Waals surface area contributed by atoms with Crippen molar-refractivity contribution in [2.75, 3.05) is 111 Å². The van der Waals surface area contributed by atoms with E-state index >= 15 is 0 Å². The molecule has 0 spiro atoms. The Morgan fingerprint density at radius 2 is 0.800 bits per heavy atom. The van der Waals surface area contributed by atoms with E-state index in [1.165, 1.54) is 75.7 Å². The van der Waals surface area contributed by atoms with Crippen molar-refractivity contribution in [2.45, 2.75) is 74.1 Å². The van der Waals surface area contributed by atoms with Gasteiger partial charge < -0.3 is 23.8 Å². The van der Waals surface area contributed by atoms with Gasteiger partial charge in [0.15, 0.2) is 0 Å². The molecule has 0 N–H and O–H groups in total. The van der Waals surface area contributed by atoms with Crippen molar-refractivity contribution < 1.29 is 18.9 Å². The number of rotatable bonds is 23. The van der Waals surface area contributed by atoms with Crippen LogP contribution < -0.4 is 0 Å². The van der Waals surface area contributed by atoms with Gasteiger partial charge in [-0.25, -0.2) is 0 Å². The van der Waals surface area contributed by atoms with E-state index in [1.807, 2.05) is 55.8 Å². The maximum absolute atomic E-state index is 5.39. The maximum Gasteiger partial charge on any atom is 0.0589 e. The van der Waals surface area contributed by atoms with Gasteiger partial charge in [-0.1, -0.05) is 54.9 Å². The van der Waals surface area contributed by atoms with Crippen molar-refractivity contribution in [2.24, 2.45) is 0 Å². The lowest BCUT2D eigenvalue weighted by atomic mass is 10.5. The molecule has 0 heterocycles. The fraction of sp³-hybridized carbons (Fsp3) is 1.00. The zero-order chi connectivity index (χ0) is 27.6. The number of methoxy groups -OCH3 is 4. The van der Waals surface area contributed by atoms with Gasteiger partial charge >= 0.3 is 0 Å². The third kappa shape index (κ3) is 34.7. The Bertz CT molecular complexity index is 319. The topological polar surface area (TPSA) is 40.2 Å². The van der Waals surface area contributed by atoms with Gasteiger partial charge in [-0.05, 0) is 56.2 Å². The molecule has 0 radical (unpaired) electrons. The fourth-order valence-corrected chi connectivity index (χ4v) is 8.24. The molecule has 1 unspecified atom stereocenters. The summed E-state index contributed by atoms with van der Waals surface area (Å²) >= 11 is 0. The Hall–Kier alpha value is 0.660. The summed E-state index contributed by atoms with van der Waals surface area (Å²) in [7, 11) is 7.45. The summed E-state index contributed by atoms with van der Waals surface area (Å²) in [5, 5.41) is 0. The lowest BCUT2D eigenvalue weighted by Gasteiger charge is -2.27. The molecule has 0 aromatic heterocycles.